The highest BCUT2D eigenvalue weighted by Crippen LogP contribution is 2.55. The van der Waals surface area contributed by atoms with Gasteiger partial charge in [-0.05, 0) is 26.9 Å². The van der Waals surface area contributed by atoms with Crippen LogP contribution in [0.1, 0.15) is 19.3 Å². The van der Waals surface area contributed by atoms with Crippen LogP contribution in [0, 0.1) is 11.8 Å². The minimum atomic E-state index is -0.832. The monoisotopic (exact) mass is 344 g/mol. The van der Waals surface area contributed by atoms with Crippen molar-refractivity contribution in [2.24, 2.45) is 0 Å². The Morgan fingerprint density at radius 1 is 1.52 bits per heavy atom. The number of esters is 1. The van der Waals surface area contributed by atoms with Gasteiger partial charge >= 0.3 is 5.97 Å². The van der Waals surface area contributed by atoms with Gasteiger partial charge in [-0.25, -0.2) is 4.79 Å². The van der Waals surface area contributed by atoms with Gasteiger partial charge in [0, 0.05) is 36.8 Å². The van der Waals surface area contributed by atoms with Crippen molar-refractivity contribution in [3.05, 3.63) is 23.3 Å². The lowest BCUT2D eigenvalue weighted by Crippen LogP contribution is -2.47. The summed E-state index contributed by atoms with van der Waals surface area (Å²) in [7, 11) is 5.47. The van der Waals surface area contributed by atoms with Gasteiger partial charge in [0.05, 0.1) is 18.6 Å². The number of hydrogen-bond donors (Lipinski definition) is 1. The summed E-state index contributed by atoms with van der Waals surface area (Å²) in [4.78, 5) is 16.4. The molecule has 5 atom stereocenters. The number of carbonyl (C=O) groups excluding carboxylic acids is 1. The van der Waals surface area contributed by atoms with Crippen molar-refractivity contribution in [1.29, 1.82) is 0 Å². The first-order valence-electron chi connectivity index (χ1n) is 8.75. The minimum absolute atomic E-state index is 0.0781. The molecule has 0 aromatic carbocycles. The van der Waals surface area contributed by atoms with E-state index < -0.39 is 11.9 Å². The molecule has 4 aliphatic rings. The number of fused-ring (bicyclic) bond motifs is 3. The fourth-order valence-electron chi connectivity index (χ4n) is 4.85. The molecule has 2 saturated heterocycles. The summed E-state index contributed by atoms with van der Waals surface area (Å²) in [6, 6.07) is 0.105. The fourth-order valence-corrected chi connectivity index (χ4v) is 4.85. The Labute approximate surface area is 148 Å². The maximum absolute atomic E-state index is 12.1. The van der Waals surface area contributed by atoms with Crippen LogP contribution in [-0.4, -0.2) is 78.6 Å². The first-order chi connectivity index (χ1) is 12.0. The molecule has 0 saturated carbocycles. The third-order valence-corrected chi connectivity index (χ3v) is 5.75. The first-order valence-corrected chi connectivity index (χ1v) is 8.75. The quantitative estimate of drug-likeness (QED) is 0.451. The molecule has 0 aromatic rings. The van der Waals surface area contributed by atoms with Gasteiger partial charge in [-0.15, -0.1) is 0 Å². The molecule has 134 valence electrons. The zero-order chi connectivity index (χ0) is 17.8. The molecule has 4 rings (SSSR count). The van der Waals surface area contributed by atoms with Crippen molar-refractivity contribution in [1.82, 2.24) is 9.80 Å². The second kappa shape index (κ2) is 5.96. The average Bonchev–Trinajstić information content (AvgIpc) is 3.20. The number of aliphatic hydroxyl groups excluding tert-OH is 1. The smallest absolute Gasteiger partial charge is 0.332 e. The molecule has 2 fully saturated rings. The summed E-state index contributed by atoms with van der Waals surface area (Å²) in [5.74, 6) is 6.12. The third kappa shape index (κ3) is 2.46. The van der Waals surface area contributed by atoms with E-state index in [0.717, 1.165) is 30.4 Å². The van der Waals surface area contributed by atoms with E-state index in [0.29, 0.717) is 6.54 Å². The third-order valence-electron chi connectivity index (χ3n) is 5.75. The fraction of sp³-hybridized carbons (Fsp3) is 0.632. The van der Waals surface area contributed by atoms with Crippen LogP contribution in [0.15, 0.2) is 23.3 Å². The molecule has 0 aromatic heterocycles. The zero-order valence-corrected chi connectivity index (χ0v) is 14.9. The Morgan fingerprint density at radius 3 is 3.04 bits per heavy atom. The van der Waals surface area contributed by atoms with E-state index in [1.165, 1.54) is 7.11 Å². The van der Waals surface area contributed by atoms with Crippen molar-refractivity contribution >= 4 is 5.97 Å². The summed E-state index contributed by atoms with van der Waals surface area (Å²) in [5, 5.41) is 10.2. The number of carbonyl (C=O) groups is 1. The van der Waals surface area contributed by atoms with Gasteiger partial charge in [0.25, 0.3) is 0 Å². The largest absolute Gasteiger partial charge is 0.449 e. The standard InChI is InChI=1S/C19H24N2O4/c1-20(2)8-4-5-12-9-13-11-19(14(12)10-17(22)25-19)16-7-6-15(21(13)16)18(23)24-3/h9-10,13,15-16,18,23H,6-8,11H2,1-3H3. The molecular formula is C19H24N2O4. The molecule has 6 nitrogen and oxygen atoms in total. The van der Waals surface area contributed by atoms with Gasteiger partial charge < -0.3 is 14.6 Å². The van der Waals surface area contributed by atoms with Gasteiger partial charge in [0.1, 0.15) is 0 Å². The summed E-state index contributed by atoms with van der Waals surface area (Å²) in [5.41, 5.74) is 1.20. The van der Waals surface area contributed by atoms with Crippen LogP contribution in [0.5, 0.6) is 0 Å². The Bertz CT molecular complexity index is 717. The van der Waals surface area contributed by atoms with Crippen molar-refractivity contribution in [3.63, 3.8) is 0 Å². The Hall–Kier alpha value is -1.65. The van der Waals surface area contributed by atoms with E-state index in [-0.39, 0.29) is 24.1 Å². The molecule has 0 radical (unpaired) electrons. The normalized spacial score (nSPS) is 37.0. The molecule has 6 heteroatoms. The predicted octanol–water partition coefficient (Wildman–Crippen LogP) is 0.284. The van der Waals surface area contributed by atoms with E-state index >= 15 is 0 Å². The number of aliphatic hydroxyl groups is 1. The number of rotatable bonds is 3. The topological polar surface area (TPSA) is 62.2 Å². The van der Waals surface area contributed by atoms with Gasteiger partial charge in [-0.1, -0.05) is 17.9 Å². The summed E-state index contributed by atoms with van der Waals surface area (Å²) in [6.45, 7) is 0.662. The number of methoxy groups -OCH3 is 1. The maximum atomic E-state index is 12.1. The van der Waals surface area contributed by atoms with Crippen LogP contribution in [-0.2, 0) is 14.3 Å². The van der Waals surface area contributed by atoms with Gasteiger partial charge in [0.15, 0.2) is 11.9 Å². The molecule has 25 heavy (non-hydrogen) atoms. The van der Waals surface area contributed by atoms with Gasteiger partial charge in [-0.2, -0.15) is 0 Å². The molecule has 0 amide bonds. The Kier molecular flexibility index (Phi) is 4.00. The second-order valence-electron chi connectivity index (χ2n) is 7.49. The van der Waals surface area contributed by atoms with Crippen molar-refractivity contribution in [2.45, 2.75) is 49.3 Å². The van der Waals surface area contributed by atoms with E-state index in [1.54, 1.807) is 6.08 Å². The first kappa shape index (κ1) is 16.8. The van der Waals surface area contributed by atoms with Crippen LogP contribution in [0.3, 0.4) is 0 Å². The highest BCUT2D eigenvalue weighted by atomic mass is 16.6. The van der Waals surface area contributed by atoms with Crippen LogP contribution in [0.2, 0.25) is 0 Å². The van der Waals surface area contributed by atoms with Crippen LogP contribution in [0.25, 0.3) is 0 Å². The van der Waals surface area contributed by atoms with E-state index in [1.807, 2.05) is 19.0 Å². The van der Waals surface area contributed by atoms with Crippen LogP contribution >= 0.6 is 0 Å². The molecule has 5 unspecified atom stereocenters. The zero-order valence-electron chi connectivity index (χ0n) is 14.9. The van der Waals surface area contributed by atoms with Crippen molar-refractivity contribution in [3.8, 4) is 11.8 Å². The lowest BCUT2D eigenvalue weighted by molar-refractivity contribution is -0.148. The van der Waals surface area contributed by atoms with Crippen LogP contribution < -0.4 is 0 Å². The number of hydrogen-bond acceptors (Lipinski definition) is 6. The average molecular weight is 344 g/mol. The van der Waals surface area contributed by atoms with Gasteiger partial charge in [-0.3, -0.25) is 9.80 Å². The summed E-state index contributed by atoms with van der Waals surface area (Å²) < 4.78 is 11.0. The van der Waals surface area contributed by atoms with E-state index in [9.17, 15) is 9.90 Å². The highest BCUT2D eigenvalue weighted by Gasteiger charge is 2.65. The number of ether oxygens (including phenoxy) is 2. The van der Waals surface area contributed by atoms with E-state index in [4.69, 9.17) is 9.47 Å². The molecule has 1 aliphatic carbocycles. The predicted molar refractivity (Wildman–Crippen MR) is 91.4 cm³/mol. The lowest BCUT2D eigenvalue weighted by atomic mass is 9.77. The SMILES string of the molecule is COC(O)C1CCC2N1C1C=C(C#CCN(C)C)C3=CC(=O)OC32C1. The highest BCUT2D eigenvalue weighted by molar-refractivity contribution is 5.90. The van der Waals surface area contributed by atoms with Crippen molar-refractivity contribution < 1.29 is 19.4 Å². The lowest BCUT2D eigenvalue weighted by Gasteiger charge is -2.33. The van der Waals surface area contributed by atoms with Crippen molar-refractivity contribution in [2.75, 3.05) is 27.7 Å². The Balaban J connectivity index is 1.72. The minimum Gasteiger partial charge on any atom is -0.449 e. The van der Waals surface area contributed by atoms with Crippen LogP contribution in [0.4, 0.5) is 0 Å². The Morgan fingerprint density at radius 2 is 2.32 bits per heavy atom. The molecule has 3 heterocycles. The molecular weight excluding hydrogens is 320 g/mol. The van der Waals surface area contributed by atoms with Gasteiger partial charge in [0.2, 0.25) is 0 Å². The number of nitrogens with zero attached hydrogens (tertiary/aromatic N) is 2. The molecule has 1 spiro atoms. The molecule has 2 bridgehead atoms. The van der Waals surface area contributed by atoms with E-state index in [2.05, 4.69) is 22.8 Å². The molecule has 1 N–H and O–H groups in total. The maximum Gasteiger partial charge on any atom is 0.332 e. The summed E-state index contributed by atoms with van der Waals surface area (Å²) >= 11 is 0. The molecule has 3 aliphatic heterocycles. The summed E-state index contributed by atoms with van der Waals surface area (Å²) in [6.07, 6.45) is 5.35. The second-order valence-corrected chi connectivity index (χ2v) is 7.49.